The Kier molecular flexibility index (Phi) is 3.28. The summed E-state index contributed by atoms with van der Waals surface area (Å²) in [6, 6.07) is 10.6. The zero-order chi connectivity index (χ0) is 12.4. The van der Waals surface area contributed by atoms with E-state index in [0.717, 1.165) is 29.7 Å². The van der Waals surface area contributed by atoms with E-state index in [1.807, 2.05) is 35.3 Å². The van der Waals surface area contributed by atoms with Gasteiger partial charge in [-0.15, -0.1) is 0 Å². The van der Waals surface area contributed by atoms with Gasteiger partial charge in [-0.05, 0) is 37.1 Å². The van der Waals surface area contributed by atoms with Crippen LogP contribution in [0, 0.1) is 0 Å². The molecule has 1 aromatic carbocycles. The largest absolute Gasteiger partial charge is 0.493 e. The molecule has 1 N–H and O–H groups in total. The van der Waals surface area contributed by atoms with Gasteiger partial charge in [0.2, 0.25) is 0 Å². The first-order valence-electron chi connectivity index (χ1n) is 6.15. The maximum atomic E-state index is 5.80. The van der Waals surface area contributed by atoms with E-state index in [9.17, 15) is 0 Å². The van der Waals surface area contributed by atoms with E-state index in [1.165, 1.54) is 5.56 Å². The summed E-state index contributed by atoms with van der Waals surface area (Å²) >= 11 is 3.49. The van der Waals surface area contributed by atoms with E-state index in [1.54, 1.807) is 0 Å². The molecule has 0 saturated heterocycles. The van der Waals surface area contributed by atoms with Gasteiger partial charge in [0, 0.05) is 22.4 Å². The Morgan fingerprint density at radius 3 is 2.94 bits per heavy atom. The monoisotopic (exact) mass is 306 g/mol. The molecule has 3 nitrogen and oxygen atoms in total. The topological polar surface area (TPSA) is 26.2 Å². The molecule has 0 saturated carbocycles. The molecule has 1 aliphatic rings. The third-order valence-corrected chi connectivity index (χ3v) is 3.65. The van der Waals surface area contributed by atoms with E-state index in [0.29, 0.717) is 6.04 Å². The quantitative estimate of drug-likeness (QED) is 0.915. The zero-order valence-electron chi connectivity index (χ0n) is 9.97. The normalized spacial score (nSPS) is 18.6. The van der Waals surface area contributed by atoms with Crippen molar-refractivity contribution in [3.8, 4) is 5.75 Å². The Hall–Kier alpha value is -1.42. The second-order valence-corrected chi connectivity index (χ2v) is 5.36. The Balaban J connectivity index is 1.91. The molecule has 1 atom stereocenters. The summed E-state index contributed by atoms with van der Waals surface area (Å²) in [5.74, 6) is 0.978. The number of ether oxygens (including phenoxy) is 1. The lowest BCUT2D eigenvalue weighted by Crippen LogP contribution is -2.19. The van der Waals surface area contributed by atoms with E-state index in [-0.39, 0.29) is 0 Å². The van der Waals surface area contributed by atoms with Gasteiger partial charge < -0.3 is 10.2 Å². The fraction of sp³-hybridized carbons (Fsp3) is 0.286. The summed E-state index contributed by atoms with van der Waals surface area (Å²) in [4.78, 5) is 0. The molecule has 2 aromatic rings. The first-order chi connectivity index (χ1) is 8.83. The smallest absolute Gasteiger partial charge is 0.125 e. The summed E-state index contributed by atoms with van der Waals surface area (Å²) in [6.07, 6.45) is 6.17. The number of aromatic nitrogens is 1. The predicted octanol–water partition coefficient (Wildman–Crippen LogP) is 3.71. The van der Waals surface area contributed by atoms with Crippen LogP contribution in [-0.2, 0) is 0 Å². The van der Waals surface area contributed by atoms with Gasteiger partial charge in [-0.1, -0.05) is 22.0 Å². The molecular weight excluding hydrogens is 292 g/mol. The lowest BCUT2D eigenvalue weighted by atomic mass is 10.0. The van der Waals surface area contributed by atoms with Gasteiger partial charge >= 0.3 is 0 Å². The average molecular weight is 307 g/mol. The van der Waals surface area contributed by atoms with Crippen LogP contribution in [0.2, 0.25) is 0 Å². The summed E-state index contributed by atoms with van der Waals surface area (Å²) in [5, 5.41) is 0. The highest BCUT2D eigenvalue weighted by Crippen LogP contribution is 2.34. The number of hydrogen-bond acceptors (Lipinski definition) is 2. The van der Waals surface area contributed by atoms with Crippen molar-refractivity contribution < 1.29 is 4.74 Å². The highest BCUT2D eigenvalue weighted by Gasteiger charge is 2.19. The average Bonchev–Trinajstić information content (AvgIpc) is 2.79. The van der Waals surface area contributed by atoms with Crippen LogP contribution in [0.25, 0.3) is 0 Å². The Morgan fingerprint density at radius 2 is 2.11 bits per heavy atom. The number of benzene rings is 1. The van der Waals surface area contributed by atoms with Crippen LogP contribution in [0.1, 0.15) is 24.4 Å². The van der Waals surface area contributed by atoms with Gasteiger partial charge in [-0.25, -0.2) is 0 Å². The van der Waals surface area contributed by atoms with Crippen LogP contribution < -0.4 is 10.2 Å². The minimum atomic E-state index is 0.294. The minimum absolute atomic E-state index is 0.294. The van der Waals surface area contributed by atoms with E-state index in [4.69, 9.17) is 4.74 Å². The molecule has 1 aliphatic heterocycles. The van der Waals surface area contributed by atoms with Crippen LogP contribution in [0.3, 0.4) is 0 Å². The third kappa shape index (κ3) is 2.38. The van der Waals surface area contributed by atoms with Crippen LogP contribution in [0.4, 0.5) is 0 Å². The molecule has 94 valence electrons. The zero-order valence-corrected chi connectivity index (χ0v) is 11.6. The number of fused-ring (bicyclic) bond motifs is 1. The van der Waals surface area contributed by atoms with Gasteiger partial charge in [0.15, 0.2) is 0 Å². The fourth-order valence-corrected chi connectivity index (χ4v) is 2.62. The fourth-order valence-electron chi connectivity index (χ4n) is 2.28. The summed E-state index contributed by atoms with van der Waals surface area (Å²) < 4.78 is 8.86. The van der Waals surface area contributed by atoms with Crippen LogP contribution in [0.15, 0.2) is 47.2 Å². The molecule has 4 heteroatoms. The van der Waals surface area contributed by atoms with Crippen molar-refractivity contribution in [2.45, 2.75) is 18.9 Å². The molecule has 0 bridgehead atoms. The lowest BCUT2D eigenvalue weighted by molar-refractivity contribution is 0.316. The predicted molar refractivity (Wildman–Crippen MR) is 75.4 cm³/mol. The van der Waals surface area contributed by atoms with Crippen molar-refractivity contribution in [2.24, 2.45) is 0 Å². The van der Waals surface area contributed by atoms with Crippen molar-refractivity contribution >= 4 is 15.9 Å². The van der Waals surface area contributed by atoms with E-state index in [2.05, 4.69) is 33.5 Å². The molecule has 0 amide bonds. The number of halogens is 1. The molecule has 0 aliphatic carbocycles. The molecule has 1 aromatic heterocycles. The molecule has 0 spiro atoms. The molecule has 2 heterocycles. The summed E-state index contributed by atoms with van der Waals surface area (Å²) in [6.45, 7) is 0.785. The second-order valence-electron chi connectivity index (χ2n) is 4.44. The van der Waals surface area contributed by atoms with Gasteiger partial charge in [-0.3, -0.25) is 4.68 Å². The maximum absolute atomic E-state index is 5.80. The standard InChI is InChI=1S/C14H15BrN2O/c15-11-5-6-12-13(16-17-7-1-2-8-17)4-3-9-18-14(12)10-11/h1-2,5-8,10,13,16H,3-4,9H2. The molecule has 1 unspecified atom stereocenters. The highest BCUT2D eigenvalue weighted by molar-refractivity contribution is 9.10. The number of rotatable bonds is 2. The van der Waals surface area contributed by atoms with Crippen molar-refractivity contribution in [1.29, 1.82) is 0 Å². The first-order valence-corrected chi connectivity index (χ1v) is 6.94. The van der Waals surface area contributed by atoms with Crippen molar-refractivity contribution in [1.82, 2.24) is 4.68 Å². The van der Waals surface area contributed by atoms with Gasteiger partial charge in [-0.2, -0.15) is 0 Å². The van der Waals surface area contributed by atoms with Crippen LogP contribution in [0.5, 0.6) is 5.75 Å². The maximum Gasteiger partial charge on any atom is 0.125 e. The number of nitrogens with zero attached hydrogens (tertiary/aromatic N) is 1. The Labute approximate surface area is 115 Å². The molecule has 18 heavy (non-hydrogen) atoms. The number of hydrogen-bond donors (Lipinski definition) is 1. The summed E-state index contributed by atoms with van der Waals surface area (Å²) in [7, 11) is 0. The SMILES string of the molecule is Brc1ccc2c(c1)OCCCC2Nn1cccc1. The lowest BCUT2D eigenvalue weighted by Gasteiger charge is -2.20. The highest BCUT2D eigenvalue weighted by atomic mass is 79.9. The van der Waals surface area contributed by atoms with Crippen molar-refractivity contribution in [3.05, 3.63) is 52.8 Å². The van der Waals surface area contributed by atoms with Gasteiger partial charge in [0.05, 0.1) is 12.6 Å². The minimum Gasteiger partial charge on any atom is -0.493 e. The van der Waals surface area contributed by atoms with E-state index < -0.39 is 0 Å². The van der Waals surface area contributed by atoms with Crippen molar-refractivity contribution in [3.63, 3.8) is 0 Å². The van der Waals surface area contributed by atoms with Gasteiger partial charge in [0.1, 0.15) is 5.75 Å². The molecule has 3 rings (SSSR count). The van der Waals surface area contributed by atoms with Gasteiger partial charge in [0.25, 0.3) is 0 Å². The van der Waals surface area contributed by atoms with Crippen molar-refractivity contribution in [2.75, 3.05) is 12.0 Å². The van der Waals surface area contributed by atoms with Crippen LogP contribution >= 0.6 is 15.9 Å². The number of nitrogens with one attached hydrogen (secondary N) is 1. The van der Waals surface area contributed by atoms with E-state index >= 15 is 0 Å². The molecule has 0 radical (unpaired) electrons. The second kappa shape index (κ2) is 5.06. The van der Waals surface area contributed by atoms with Crippen LogP contribution in [-0.4, -0.2) is 11.3 Å². The Bertz CT molecular complexity index is 525. The molecular formula is C14H15BrN2O. The molecule has 0 fully saturated rings. The summed E-state index contributed by atoms with van der Waals surface area (Å²) in [5.41, 5.74) is 4.72. The first kappa shape index (κ1) is 11.7. The third-order valence-electron chi connectivity index (χ3n) is 3.16. The Morgan fingerprint density at radius 1 is 1.28 bits per heavy atom.